The van der Waals surface area contributed by atoms with E-state index in [0.29, 0.717) is 12.0 Å². The zero-order chi connectivity index (χ0) is 29.6. The van der Waals surface area contributed by atoms with Gasteiger partial charge in [-0.05, 0) is 86.6 Å². The van der Waals surface area contributed by atoms with Crippen LogP contribution in [-0.4, -0.2) is 36.4 Å². The average Bonchev–Trinajstić information content (AvgIpc) is 3.81. The fourth-order valence-electron chi connectivity index (χ4n) is 6.05. The quantitative estimate of drug-likeness (QED) is 0.240. The van der Waals surface area contributed by atoms with Crippen LogP contribution in [-0.2, 0) is 23.7 Å². The van der Waals surface area contributed by atoms with Crippen LogP contribution < -0.4 is 0 Å². The number of benzene rings is 2. The molecule has 0 aliphatic heterocycles. The van der Waals surface area contributed by atoms with E-state index in [1.165, 1.54) is 30.7 Å². The summed E-state index contributed by atoms with van der Waals surface area (Å²) in [7, 11) is 0. The molecule has 2 saturated carbocycles. The monoisotopic (exact) mass is 566 g/mol. The highest BCUT2D eigenvalue weighted by Crippen LogP contribution is 2.64. The highest BCUT2D eigenvalue weighted by Gasteiger charge is 2.67. The van der Waals surface area contributed by atoms with Crippen molar-refractivity contribution >= 4 is 0 Å². The van der Waals surface area contributed by atoms with E-state index in [4.69, 9.17) is 5.26 Å². The maximum atomic E-state index is 14.2. The summed E-state index contributed by atoms with van der Waals surface area (Å²) >= 11 is 0. The first-order valence-electron chi connectivity index (χ1n) is 14.3. The molecule has 1 atom stereocenters. The van der Waals surface area contributed by atoms with E-state index in [0.717, 1.165) is 32.4 Å². The Balaban J connectivity index is 0.00000141. The number of halogens is 6. The Morgan fingerprint density at radius 2 is 1.30 bits per heavy atom. The Bertz CT molecular complexity index is 1080. The van der Waals surface area contributed by atoms with Gasteiger partial charge in [0.2, 0.25) is 0 Å². The minimum atomic E-state index is -4.47. The van der Waals surface area contributed by atoms with E-state index in [1.54, 1.807) is 6.07 Å². The fraction of sp³-hybridized carbons (Fsp3) is 0.594. The summed E-state index contributed by atoms with van der Waals surface area (Å²) in [5, 5.41) is 7.32. The van der Waals surface area contributed by atoms with Crippen LogP contribution in [0.1, 0.15) is 88.0 Å². The van der Waals surface area contributed by atoms with E-state index < -0.39 is 23.2 Å². The summed E-state index contributed by atoms with van der Waals surface area (Å²) in [6, 6.07) is 16.2. The third-order valence-corrected chi connectivity index (χ3v) is 8.55. The van der Waals surface area contributed by atoms with Crippen LogP contribution in [0.2, 0.25) is 0 Å². The molecule has 8 heteroatoms. The Morgan fingerprint density at radius 3 is 1.70 bits per heavy atom. The van der Waals surface area contributed by atoms with E-state index in [9.17, 15) is 26.3 Å². The predicted octanol–water partition coefficient (Wildman–Crippen LogP) is 9.07. The lowest BCUT2D eigenvalue weighted by molar-refractivity contribution is -0.161. The van der Waals surface area contributed by atoms with E-state index in [2.05, 4.69) is 30.9 Å². The molecular weight excluding hydrogens is 526 g/mol. The highest BCUT2D eigenvalue weighted by molar-refractivity contribution is 5.50. The van der Waals surface area contributed by atoms with Crippen molar-refractivity contribution in [2.45, 2.75) is 108 Å². The Hall–Kier alpha value is -2.53. The second-order valence-electron chi connectivity index (χ2n) is 11.1. The van der Waals surface area contributed by atoms with Crippen LogP contribution >= 0.6 is 0 Å². The topological polar surface area (TPSA) is 27.0 Å². The molecule has 2 fully saturated rings. The van der Waals surface area contributed by atoms with Gasteiger partial charge >= 0.3 is 12.4 Å². The molecule has 1 unspecified atom stereocenters. The summed E-state index contributed by atoms with van der Waals surface area (Å²) in [5.74, 6) is 0. The zero-order valence-corrected chi connectivity index (χ0v) is 23.6. The van der Waals surface area contributed by atoms with Crippen molar-refractivity contribution in [3.05, 3.63) is 70.8 Å². The van der Waals surface area contributed by atoms with Crippen LogP contribution in [0.4, 0.5) is 26.3 Å². The largest absolute Gasteiger partial charge is 0.398 e. The van der Waals surface area contributed by atoms with Crippen molar-refractivity contribution in [1.82, 2.24) is 4.90 Å². The van der Waals surface area contributed by atoms with Gasteiger partial charge in [0, 0.05) is 19.5 Å². The summed E-state index contributed by atoms with van der Waals surface area (Å²) < 4.78 is 85.0. The van der Waals surface area contributed by atoms with Crippen molar-refractivity contribution in [1.29, 1.82) is 5.26 Å². The van der Waals surface area contributed by atoms with Gasteiger partial charge in [-0.2, -0.15) is 31.6 Å². The molecule has 0 N–H and O–H groups in total. The average molecular weight is 567 g/mol. The van der Waals surface area contributed by atoms with Gasteiger partial charge in [-0.1, -0.05) is 62.4 Å². The number of hydrogen-bond acceptors (Lipinski definition) is 2. The van der Waals surface area contributed by atoms with Crippen LogP contribution in [0, 0.1) is 11.3 Å². The molecule has 2 nitrogen and oxygen atoms in total. The third-order valence-electron chi connectivity index (χ3n) is 8.55. The van der Waals surface area contributed by atoms with E-state index in [1.807, 2.05) is 18.2 Å². The van der Waals surface area contributed by atoms with Crippen molar-refractivity contribution in [3.63, 3.8) is 0 Å². The predicted molar refractivity (Wildman–Crippen MR) is 146 cm³/mol. The normalized spacial score (nSPS) is 17.9. The Labute approximate surface area is 234 Å². The molecule has 220 valence electrons. The first-order chi connectivity index (χ1) is 18.9. The highest BCUT2D eigenvalue weighted by atomic mass is 19.4. The lowest BCUT2D eigenvalue weighted by atomic mass is 9.80. The van der Waals surface area contributed by atoms with Gasteiger partial charge in [-0.25, -0.2) is 0 Å². The Morgan fingerprint density at radius 1 is 0.800 bits per heavy atom. The van der Waals surface area contributed by atoms with Gasteiger partial charge in [0.15, 0.2) is 0 Å². The first-order valence-corrected chi connectivity index (χ1v) is 14.3. The summed E-state index contributed by atoms with van der Waals surface area (Å²) in [4.78, 5) is 2.36. The summed E-state index contributed by atoms with van der Waals surface area (Å²) in [6.07, 6.45) is -5.81. The molecule has 0 aromatic heterocycles. The number of nitriles is 1. The molecule has 0 saturated heterocycles. The van der Waals surface area contributed by atoms with Crippen LogP contribution in [0.15, 0.2) is 48.5 Å². The molecule has 2 aromatic rings. The van der Waals surface area contributed by atoms with Crippen LogP contribution in [0.25, 0.3) is 0 Å². The smallest absolute Gasteiger partial charge is 0.300 e. The fourth-order valence-corrected chi connectivity index (χ4v) is 6.05. The maximum Gasteiger partial charge on any atom is 0.398 e. The number of hydrogen-bond donors (Lipinski definition) is 0. The van der Waals surface area contributed by atoms with Crippen molar-refractivity contribution in [2.75, 3.05) is 13.1 Å². The second kappa shape index (κ2) is 13.0. The van der Waals surface area contributed by atoms with Gasteiger partial charge < -0.3 is 4.90 Å². The molecule has 0 bridgehead atoms. The molecule has 4 rings (SSSR count). The lowest BCUT2D eigenvalue weighted by Crippen LogP contribution is -2.38. The molecule has 2 aliphatic rings. The molecule has 2 aliphatic carbocycles. The van der Waals surface area contributed by atoms with Crippen LogP contribution in [0.3, 0.4) is 0 Å². The van der Waals surface area contributed by atoms with E-state index >= 15 is 0 Å². The minimum absolute atomic E-state index is 0.0534. The van der Waals surface area contributed by atoms with Gasteiger partial charge in [0.1, 0.15) is 0 Å². The minimum Gasteiger partial charge on any atom is -0.300 e. The molecule has 0 spiro atoms. The molecular formula is C32H40F6N2. The van der Waals surface area contributed by atoms with Crippen molar-refractivity contribution < 1.29 is 26.3 Å². The summed E-state index contributed by atoms with van der Waals surface area (Å²) in [5.41, 5.74) is -2.34. The maximum absolute atomic E-state index is 14.2. The first kappa shape index (κ1) is 32.0. The number of nitrogens with zero attached hydrogens (tertiary/aromatic N) is 2. The lowest BCUT2D eigenvalue weighted by Gasteiger charge is -2.33. The standard InChI is InChI=1S/C30H37F6N.C2H3N/c1-3-20-37(21-15-22-9-6-5-7-10-22)23(4-2)13-14-24-25(27(16-17-27)29(31,32)33)11-8-12-26(24)28(18-19-28)30(34,35)36;1-2-3/h5-12,23H,3-4,13-21H2,1-2H3;1H3. The molecule has 2 aromatic carbocycles. The second-order valence-corrected chi connectivity index (χ2v) is 11.1. The van der Waals surface area contributed by atoms with Gasteiger partial charge in [-0.3, -0.25) is 0 Å². The van der Waals surface area contributed by atoms with Crippen molar-refractivity contribution in [3.8, 4) is 6.07 Å². The van der Waals surface area contributed by atoms with Gasteiger partial charge in [0.05, 0.1) is 16.9 Å². The van der Waals surface area contributed by atoms with Crippen molar-refractivity contribution in [2.24, 2.45) is 0 Å². The molecule has 40 heavy (non-hydrogen) atoms. The third kappa shape index (κ3) is 6.84. The van der Waals surface area contributed by atoms with Gasteiger partial charge in [0.25, 0.3) is 0 Å². The molecule has 0 radical (unpaired) electrons. The SMILES string of the molecule is CC#N.CCCN(CCc1ccccc1)C(CC)CCc1c(C2(C(F)(F)F)CC2)cccc1C1(C(F)(F)F)CC1. The number of rotatable bonds is 12. The molecule has 0 amide bonds. The number of alkyl halides is 6. The molecule has 0 heterocycles. The van der Waals surface area contributed by atoms with E-state index in [-0.39, 0.29) is 49.3 Å². The zero-order valence-electron chi connectivity index (χ0n) is 23.6. The van der Waals surface area contributed by atoms with Crippen LogP contribution in [0.5, 0.6) is 0 Å². The Kier molecular flexibility index (Phi) is 10.4. The van der Waals surface area contributed by atoms with Gasteiger partial charge in [-0.15, -0.1) is 0 Å². The summed E-state index contributed by atoms with van der Waals surface area (Å²) in [6.45, 7) is 7.23.